The molecule has 0 atom stereocenters. The molecule has 0 spiro atoms. The number of likely N-dealkylation sites (tertiary alicyclic amines) is 1. The lowest BCUT2D eigenvalue weighted by atomic mass is 9.82. The van der Waals surface area contributed by atoms with Gasteiger partial charge in [-0.3, -0.25) is 4.79 Å². The number of nitrogens with zero attached hydrogens (tertiary/aromatic N) is 1. The van der Waals surface area contributed by atoms with Crippen molar-refractivity contribution in [3.63, 3.8) is 0 Å². The van der Waals surface area contributed by atoms with E-state index >= 15 is 0 Å². The fourth-order valence-corrected chi connectivity index (χ4v) is 4.61. The maximum atomic E-state index is 12.6. The number of piperidine rings is 1. The van der Waals surface area contributed by atoms with Crippen LogP contribution in [0.5, 0.6) is 0 Å². The van der Waals surface area contributed by atoms with Gasteiger partial charge in [0, 0.05) is 30.6 Å². The molecule has 5 nitrogen and oxygen atoms in total. The number of urea groups is 1. The zero-order chi connectivity index (χ0) is 17.3. The number of amides is 3. The molecular formula is C20H33N3O2. The van der Waals surface area contributed by atoms with Crippen molar-refractivity contribution in [3.05, 3.63) is 0 Å². The molecule has 0 aromatic rings. The zero-order valence-electron chi connectivity index (χ0n) is 15.4. The van der Waals surface area contributed by atoms with Crippen molar-refractivity contribution in [2.24, 2.45) is 11.8 Å². The molecule has 4 fully saturated rings. The summed E-state index contributed by atoms with van der Waals surface area (Å²) in [4.78, 5) is 26.9. The highest BCUT2D eigenvalue weighted by Gasteiger charge is 2.43. The summed E-state index contributed by atoms with van der Waals surface area (Å²) in [6.07, 6.45) is 13.7. The van der Waals surface area contributed by atoms with Gasteiger partial charge in [-0.05, 0) is 50.9 Å². The topological polar surface area (TPSA) is 61.4 Å². The Kier molecular flexibility index (Phi) is 4.92. The van der Waals surface area contributed by atoms with E-state index in [-0.39, 0.29) is 23.4 Å². The molecule has 1 aliphatic heterocycles. The van der Waals surface area contributed by atoms with Crippen LogP contribution in [-0.2, 0) is 4.79 Å². The largest absolute Gasteiger partial charge is 0.350 e. The predicted octanol–water partition coefficient (Wildman–Crippen LogP) is 3.19. The van der Waals surface area contributed by atoms with E-state index < -0.39 is 0 Å². The van der Waals surface area contributed by atoms with Crippen LogP contribution in [0.2, 0.25) is 0 Å². The molecule has 3 amide bonds. The van der Waals surface area contributed by atoms with E-state index in [0.717, 1.165) is 64.0 Å². The minimum Gasteiger partial charge on any atom is -0.350 e. The summed E-state index contributed by atoms with van der Waals surface area (Å²) in [5.74, 6) is 1.33. The van der Waals surface area contributed by atoms with Gasteiger partial charge >= 0.3 is 6.03 Å². The van der Waals surface area contributed by atoms with Crippen molar-refractivity contribution < 1.29 is 9.59 Å². The SMILES string of the molecule is O=C(NC1(CC2CC2)CCN(C(=O)NC2CCCCC2)CC1)C1CC1. The van der Waals surface area contributed by atoms with Crippen molar-refractivity contribution in [1.29, 1.82) is 0 Å². The van der Waals surface area contributed by atoms with Gasteiger partial charge in [0.25, 0.3) is 0 Å². The molecule has 0 radical (unpaired) electrons. The molecule has 3 saturated carbocycles. The summed E-state index contributed by atoms with van der Waals surface area (Å²) in [6.45, 7) is 1.55. The first-order chi connectivity index (χ1) is 12.1. The Bertz CT molecular complexity index is 499. The van der Waals surface area contributed by atoms with Crippen LogP contribution in [0.25, 0.3) is 0 Å². The van der Waals surface area contributed by atoms with Gasteiger partial charge in [-0.1, -0.05) is 32.1 Å². The predicted molar refractivity (Wildman–Crippen MR) is 97.2 cm³/mol. The fourth-order valence-electron chi connectivity index (χ4n) is 4.61. The summed E-state index contributed by atoms with van der Waals surface area (Å²) in [5, 5.41) is 6.65. The quantitative estimate of drug-likeness (QED) is 0.802. The molecule has 4 aliphatic rings. The summed E-state index contributed by atoms with van der Waals surface area (Å²) in [6, 6.07) is 0.481. The van der Waals surface area contributed by atoms with Crippen LogP contribution < -0.4 is 10.6 Å². The zero-order valence-corrected chi connectivity index (χ0v) is 15.4. The lowest BCUT2D eigenvalue weighted by Crippen LogP contribution is -2.58. The molecule has 1 saturated heterocycles. The Morgan fingerprint density at radius 2 is 1.60 bits per heavy atom. The third-order valence-corrected chi connectivity index (χ3v) is 6.65. The number of hydrogen-bond acceptors (Lipinski definition) is 2. The van der Waals surface area contributed by atoms with E-state index in [1.54, 1.807) is 0 Å². The molecule has 25 heavy (non-hydrogen) atoms. The number of nitrogens with one attached hydrogen (secondary N) is 2. The smallest absolute Gasteiger partial charge is 0.317 e. The van der Waals surface area contributed by atoms with Crippen LogP contribution in [0.3, 0.4) is 0 Å². The molecule has 3 aliphatic carbocycles. The van der Waals surface area contributed by atoms with E-state index in [0.29, 0.717) is 6.04 Å². The van der Waals surface area contributed by atoms with Gasteiger partial charge in [0.05, 0.1) is 0 Å². The van der Waals surface area contributed by atoms with Gasteiger partial charge in [-0.15, -0.1) is 0 Å². The first kappa shape index (κ1) is 17.2. The van der Waals surface area contributed by atoms with Crippen molar-refractivity contribution >= 4 is 11.9 Å². The third-order valence-electron chi connectivity index (χ3n) is 6.65. The highest BCUT2D eigenvalue weighted by molar-refractivity contribution is 5.81. The van der Waals surface area contributed by atoms with Gasteiger partial charge in [0.15, 0.2) is 0 Å². The summed E-state index contributed by atoms with van der Waals surface area (Å²) in [5.41, 5.74) is -0.0531. The van der Waals surface area contributed by atoms with Crippen molar-refractivity contribution in [3.8, 4) is 0 Å². The summed E-state index contributed by atoms with van der Waals surface area (Å²) in [7, 11) is 0. The number of hydrogen-bond donors (Lipinski definition) is 2. The van der Waals surface area contributed by atoms with Crippen LogP contribution in [0.1, 0.15) is 77.0 Å². The Labute approximate surface area is 151 Å². The average Bonchev–Trinajstić information content (AvgIpc) is 3.50. The minimum atomic E-state index is -0.0531. The number of rotatable bonds is 5. The molecule has 0 aromatic carbocycles. The van der Waals surface area contributed by atoms with E-state index in [4.69, 9.17) is 0 Å². The first-order valence-electron chi connectivity index (χ1n) is 10.5. The van der Waals surface area contributed by atoms with E-state index in [1.807, 2.05) is 4.90 Å². The molecule has 0 bridgehead atoms. The van der Waals surface area contributed by atoms with Crippen molar-refractivity contribution in [1.82, 2.24) is 15.5 Å². The lowest BCUT2D eigenvalue weighted by Gasteiger charge is -2.43. The molecular weight excluding hydrogens is 314 g/mol. The van der Waals surface area contributed by atoms with Gasteiger partial charge in [0.1, 0.15) is 0 Å². The third kappa shape index (κ3) is 4.48. The molecule has 0 aromatic heterocycles. The van der Waals surface area contributed by atoms with E-state index in [2.05, 4.69) is 10.6 Å². The number of carbonyl (C=O) groups is 2. The first-order valence-corrected chi connectivity index (χ1v) is 10.5. The maximum Gasteiger partial charge on any atom is 0.317 e. The second kappa shape index (κ2) is 7.16. The summed E-state index contributed by atoms with van der Waals surface area (Å²) >= 11 is 0. The summed E-state index contributed by atoms with van der Waals surface area (Å²) < 4.78 is 0. The van der Waals surface area contributed by atoms with Gasteiger partial charge < -0.3 is 15.5 Å². The molecule has 5 heteroatoms. The molecule has 0 unspecified atom stereocenters. The fraction of sp³-hybridized carbons (Fsp3) is 0.900. The van der Waals surface area contributed by atoms with Crippen LogP contribution >= 0.6 is 0 Å². The Hall–Kier alpha value is -1.26. The van der Waals surface area contributed by atoms with Gasteiger partial charge in [-0.2, -0.15) is 0 Å². The van der Waals surface area contributed by atoms with Crippen molar-refractivity contribution in [2.45, 2.75) is 88.6 Å². The Morgan fingerprint density at radius 3 is 2.20 bits per heavy atom. The second-order valence-electron chi connectivity index (χ2n) is 8.96. The highest BCUT2D eigenvalue weighted by Crippen LogP contribution is 2.41. The normalized spacial score (nSPS) is 27.0. The van der Waals surface area contributed by atoms with Crippen LogP contribution in [0, 0.1) is 11.8 Å². The second-order valence-corrected chi connectivity index (χ2v) is 8.96. The van der Waals surface area contributed by atoms with Crippen LogP contribution in [-0.4, -0.2) is 41.5 Å². The van der Waals surface area contributed by atoms with Gasteiger partial charge in [0.2, 0.25) is 5.91 Å². The minimum absolute atomic E-state index is 0.0531. The maximum absolute atomic E-state index is 12.6. The van der Waals surface area contributed by atoms with E-state index in [9.17, 15) is 9.59 Å². The molecule has 1 heterocycles. The van der Waals surface area contributed by atoms with E-state index in [1.165, 1.54) is 32.1 Å². The number of carbonyl (C=O) groups excluding carboxylic acids is 2. The molecule has 2 N–H and O–H groups in total. The van der Waals surface area contributed by atoms with Crippen LogP contribution in [0.15, 0.2) is 0 Å². The van der Waals surface area contributed by atoms with Gasteiger partial charge in [-0.25, -0.2) is 4.79 Å². The monoisotopic (exact) mass is 347 g/mol. The molecule has 4 rings (SSSR count). The molecule has 140 valence electrons. The standard InChI is InChI=1S/C20H33N3O2/c24-18(16-8-9-16)22-20(14-15-6-7-15)10-12-23(13-11-20)19(25)21-17-4-2-1-3-5-17/h15-17H,1-14H2,(H,21,25)(H,22,24). The van der Waals surface area contributed by atoms with Crippen LogP contribution in [0.4, 0.5) is 4.79 Å². The lowest BCUT2D eigenvalue weighted by molar-refractivity contribution is -0.125. The van der Waals surface area contributed by atoms with Crippen molar-refractivity contribution in [2.75, 3.05) is 13.1 Å². The Balaban J connectivity index is 1.30. The average molecular weight is 348 g/mol. The highest BCUT2D eigenvalue weighted by atomic mass is 16.2. The Morgan fingerprint density at radius 1 is 0.920 bits per heavy atom.